The van der Waals surface area contributed by atoms with E-state index in [9.17, 15) is 4.21 Å². The Morgan fingerprint density at radius 2 is 1.36 bits per heavy atom. The van der Waals surface area contributed by atoms with Crippen molar-refractivity contribution < 1.29 is 4.21 Å². The molecule has 0 heterocycles. The molecule has 0 saturated carbocycles. The van der Waals surface area contributed by atoms with E-state index >= 15 is 0 Å². The largest absolute Gasteiger partial charge is 0.250 e. The molecule has 0 atom stereocenters. The molecule has 0 unspecified atom stereocenters. The number of thioether (sulfide) groups is 1. The van der Waals surface area contributed by atoms with Crippen LogP contribution in [0.4, 0.5) is 0 Å². The van der Waals surface area contributed by atoms with Crippen LogP contribution in [0.3, 0.4) is 0 Å². The Morgan fingerprint density at radius 3 is 1.36 bits per heavy atom. The van der Waals surface area contributed by atoms with Crippen LogP contribution in [0.25, 0.3) is 0 Å². The monoisotopic (exact) mass is 188 g/mol. The summed E-state index contributed by atoms with van der Waals surface area (Å²) in [5.41, 5.74) is 0. The molecule has 0 aliphatic heterocycles. The molecule has 0 bridgehead atoms. The van der Waals surface area contributed by atoms with Gasteiger partial charge in [0.05, 0.1) is 10.8 Å². The Bertz CT molecular complexity index is 145. The van der Waals surface area contributed by atoms with Gasteiger partial charge in [0.1, 0.15) is 0 Å². The van der Waals surface area contributed by atoms with Crippen LogP contribution in [-0.4, -0.2) is 4.21 Å². The molecule has 0 fully saturated rings. The van der Waals surface area contributed by atoms with E-state index in [1.54, 1.807) is 10.8 Å². The van der Waals surface area contributed by atoms with Gasteiger partial charge >= 0.3 is 0 Å². The maximum atomic E-state index is 10.1. The molecule has 0 radical (unpaired) electrons. The summed E-state index contributed by atoms with van der Waals surface area (Å²) in [4.78, 5) is 0. The first-order chi connectivity index (χ1) is 5.22. The Balaban J connectivity index is 0. The fourth-order valence-electron chi connectivity index (χ4n) is 0.136. The molecule has 0 aliphatic rings. The number of rotatable bonds is 4. The fourth-order valence-corrected chi connectivity index (χ4v) is 0.408. The van der Waals surface area contributed by atoms with Gasteiger partial charge in [-0.25, -0.2) is 0 Å². The van der Waals surface area contributed by atoms with E-state index < -0.39 is 10.8 Å². The van der Waals surface area contributed by atoms with Gasteiger partial charge in [0.2, 0.25) is 0 Å². The molecular weight excluding hydrogens is 176 g/mol. The molecule has 0 aromatic rings. The van der Waals surface area contributed by atoms with E-state index in [2.05, 4.69) is 26.3 Å². The molecule has 11 heavy (non-hydrogen) atoms. The Labute approximate surface area is 75.0 Å². The van der Waals surface area contributed by atoms with E-state index in [1.807, 2.05) is 0 Å². The molecule has 0 N–H and O–H groups in total. The second-order valence-corrected chi connectivity index (χ2v) is 3.39. The smallest absolute Gasteiger partial charge is 0.0690 e. The molecule has 0 spiro atoms. The second-order valence-electron chi connectivity index (χ2n) is 1.13. The van der Waals surface area contributed by atoms with Gasteiger partial charge in [-0.3, -0.25) is 4.21 Å². The molecule has 0 rings (SSSR count). The van der Waals surface area contributed by atoms with Crippen molar-refractivity contribution in [2.45, 2.75) is 0 Å². The number of hydrogen-bond acceptors (Lipinski definition) is 2. The molecule has 1 nitrogen and oxygen atoms in total. The molecular formula is C8H12OS2. The fraction of sp³-hybridized carbons (Fsp3) is 0. The van der Waals surface area contributed by atoms with Crippen molar-refractivity contribution in [2.75, 3.05) is 0 Å². The molecule has 3 heteroatoms. The van der Waals surface area contributed by atoms with E-state index in [4.69, 9.17) is 0 Å². The lowest BCUT2D eigenvalue weighted by molar-refractivity contribution is 0.693. The third-order valence-corrected chi connectivity index (χ3v) is 1.56. The van der Waals surface area contributed by atoms with E-state index in [0.29, 0.717) is 0 Å². The molecule has 0 aromatic carbocycles. The van der Waals surface area contributed by atoms with Crippen molar-refractivity contribution in [1.29, 1.82) is 0 Å². The first kappa shape index (κ1) is 13.1. The molecule has 62 valence electrons. The van der Waals surface area contributed by atoms with Crippen molar-refractivity contribution in [3.63, 3.8) is 0 Å². The topological polar surface area (TPSA) is 17.1 Å². The summed E-state index contributed by atoms with van der Waals surface area (Å²) in [6.45, 7) is 13.4. The van der Waals surface area contributed by atoms with Crippen LogP contribution in [0.15, 0.2) is 47.9 Å². The zero-order chi connectivity index (χ0) is 9.11. The summed E-state index contributed by atoms with van der Waals surface area (Å²) in [6.07, 6.45) is 0. The maximum Gasteiger partial charge on any atom is 0.0690 e. The molecule has 0 saturated heterocycles. The zero-order valence-corrected chi connectivity index (χ0v) is 8.00. The lowest BCUT2D eigenvalue weighted by Gasteiger charge is -1.71. The maximum absolute atomic E-state index is 10.1. The molecule has 0 aromatic heterocycles. The van der Waals surface area contributed by atoms with Gasteiger partial charge in [0.25, 0.3) is 0 Å². The predicted molar refractivity (Wildman–Crippen MR) is 56.5 cm³/mol. The summed E-state index contributed by atoms with van der Waals surface area (Å²) in [7, 11) is -1.01. The second kappa shape index (κ2) is 12.2. The highest BCUT2D eigenvalue weighted by atomic mass is 32.2. The third-order valence-electron chi connectivity index (χ3n) is 0.521. The zero-order valence-electron chi connectivity index (χ0n) is 6.36. The first-order valence-corrected chi connectivity index (χ1v) is 4.96. The average Bonchev–Trinajstić information content (AvgIpc) is 2.06. The van der Waals surface area contributed by atoms with Gasteiger partial charge < -0.3 is 0 Å². The number of hydrogen-bond donors (Lipinski definition) is 0. The van der Waals surface area contributed by atoms with Gasteiger partial charge in [0.15, 0.2) is 0 Å². The van der Waals surface area contributed by atoms with Crippen molar-refractivity contribution in [1.82, 2.24) is 0 Å². The van der Waals surface area contributed by atoms with Crippen molar-refractivity contribution in [3.8, 4) is 0 Å². The van der Waals surface area contributed by atoms with Crippen molar-refractivity contribution in [3.05, 3.63) is 47.9 Å². The SMILES string of the molecule is C=CS(=O)C=C.C=CSC=C. The van der Waals surface area contributed by atoms with Crippen LogP contribution in [0.2, 0.25) is 0 Å². The summed E-state index contributed by atoms with van der Waals surface area (Å²) in [5.74, 6) is 0. The van der Waals surface area contributed by atoms with Crippen LogP contribution in [0.5, 0.6) is 0 Å². The van der Waals surface area contributed by atoms with Crippen LogP contribution in [0, 0.1) is 0 Å². The van der Waals surface area contributed by atoms with Gasteiger partial charge in [-0.15, -0.1) is 11.8 Å². The van der Waals surface area contributed by atoms with Gasteiger partial charge in [-0.2, -0.15) is 0 Å². The minimum Gasteiger partial charge on any atom is -0.250 e. The van der Waals surface area contributed by atoms with Crippen molar-refractivity contribution >= 4 is 22.6 Å². The van der Waals surface area contributed by atoms with Gasteiger partial charge in [0, 0.05) is 0 Å². The Kier molecular flexibility index (Phi) is 14.5. The van der Waals surface area contributed by atoms with Crippen LogP contribution < -0.4 is 0 Å². The lowest BCUT2D eigenvalue weighted by Crippen LogP contribution is -1.67. The highest BCUT2D eigenvalue weighted by Gasteiger charge is 1.72. The highest BCUT2D eigenvalue weighted by molar-refractivity contribution is 8.04. The molecule has 0 amide bonds. The standard InChI is InChI=1S/C4H6OS.C4H6S/c1-3-6(5)4-2;1-3-5-4-2/h3-4H,1-2H2;3-4H,1-2H2. The van der Waals surface area contributed by atoms with Gasteiger partial charge in [-0.1, -0.05) is 26.3 Å². The van der Waals surface area contributed by atoms with E-state index in [0.717, 1.165) is 0 Å². The van der Waals surface area contributed by atoms with E-state index in [1.165, 1.54) is 22.6 Å². The van der Waals surface area contributed by atoms with Gasteiger partial charge in [-0.05, 0) is 21.6 Å². The highest BCUT2D eigenvalue weighted by Crippen LogP contribution is 1.96. The third kappa shape index (κ3) is 17.7. The normalized spacial score (nSPS) is 7.36. The summed E-state index contributed by atoms with van der Waals surface area (Å²) in [6, 6.07) is 0. The quantitative estimate of drug-likeness (QED) is 0.674. The molecule has 0 aliphatic carbocycles. The summed E-state index contributed by atoms with van der Waals surface area (Å²) >= 11 is 1.49. The minimum atomic E-state index is -1.01. The minimum absolute atomic E-state index is 1.01. The first-order valence-electron chi connectivity index (χ1n) is 2.74. The van der Waals surface area contributed by atoms with E-state index in [-0.39, 0.29) is 0 Å². The van der Waals surface area contributed by atoms with Crippen LogP contribution in [-0.2, 0) is 10.8 Å². The Morgan fingerprint density at radius 1 is 1.00 bits per heavy atom. The average molecular weight is 188 g/mol. The van der Waals surface area contributed by atoms with Crippen LogP contribution >= 0.6 is 11.8 Å². The Hall–Kier alpha value is -0.540. The lowest BCUT2D eigenvalue weighted by atomic mass is 11.3. The predicted octanol–water partition coefficient (Wildman–Crippen LogP) is 3.03. The van der Waals surface area contributed by atoms with Crippen molar-refractivity contribution in [2.24, 2.45) is 0 Å². The summed E-state index contributed by atoms with van der Waals surface area (Å²) in [5, 5.41) is 6.11. The summed E-state index contributed by atoms with van der Waals surface area (Å²) < 4.78 is 10.1. The van der Waals surface area contributed by atoms with Crippen LogP contribution in [0.1, 0.15) is 0 Å².